The predicted molar refractivity (Wildman–Crippen MR) is 75.5 cm³/mol. The van der Waals surface area contributed by atoms with E-state index in [9.17, 15) is 14.9 Å². The first-order valence-corrected chi connectivity index (χ1v) is 6.02. The first-order chi connectivity index (χ1) is 9.45. The molecule has 0 heterocycles. The van der Waals surface area contributed by atoms with Gasteiger partial charge >= 0.3 is 0 Å². The van der Waals surface area contributed by atoms with Crippen molar-refractivity contribution in [2.75, 3.05) is 31.3 Å². The molecule has 0 aliphatic heterocycles. The average Bonchev–Trinajstić information content (AvgIpc) is 2.40. The summed E-state index contributed by atoms with van der Waals surface area (Å²) in [5.41, 5.74) is 6.31. The second-order valence-corrected chi connectivity index (χ2v) is 4.18. The lowest BCUT2D eigenvalue weighted by Crippen LogP contribution is -2.39. The Morgan fingerprint density at radius 2 is 2.25 bits per heavy atom. The molecule has 0 aliphatic rings. The number of carbonyl (C=O) groups is 1. The zero-order valence-electron chi connectivity index (χ0n) is 11.4. The molecule has 0 aromatic heterocycles. The monoisotopic (exact) mass is 282 g/mol. The zero-order valence-corrected chi connectivity index (χ0v) is 11.4. The number of benzene rings is 1. The number of nitro groups is 1. The number of carbonyl (C=O) groups excluding carboxylic acids is 1. The number of nitrogen functional groups attached to an aromatic ring is 1. The molecule has 0 fully saturated rings. The second-order valence-electron chi connectivity index (χ2n) is 4.18. The van der Waals surface area contributed by atoms with Crippen LogP contribution < -0.4 is 16.4 Å². The van der Waals surface area contributed by atoms with Gasteiger partial charge in [-0.1, -0.05) is 0 Å². The second kappa shape index (κ2) is 7.29. The molecule has 0 saturated carbocycles. The standard InChI is InChI=1S/C12H18N4O4/c1-8(12(17)14-5-6-20-2)15-11-4-3-9(16(18)19)7-10(11)13/h3-4,7-8,15H,5-6,13H2,1-2H3,(H,14,17). The van der Waals surface area contributed by atoms with E-state index in [1.54, 1.807) is 14.0 Å². The quantitative estimate of drug-likeness (QED) is 0.294. The van der Waals surface area contributed by atoms with Crippen molar-refractivity contribution in [3.63, 3.8) is 0 Å². The first kappa shape index (κ1) is 15.7. The molecule has 8 heteroatoms. The smallest absolute Gasteiger partial charge is 0.271 e. The molecule has 0 aliphatic carbocycles. The number of nitrogens with two attached hydrogens (primary N) is 1. The van der Waals surface area contributed by atoms with Gasteiger partial charge in [-0.05, 0) is 13.0 Å². The van der Waals surface area contributed by atoms with E-state index in [1.165, 1.54) is 18.2 Å². The summed E-state index contributed by atoms with van der Waals surface area (Å²) in [6.45, 7) is 2.51. The van der Waals surface area contributed by atoms with Gasteiger partial charge < -0.3 is 21.1 Å². The summed E-state index contributed by atoms with van der Waals surface area (Å²) in [6, 6.07) is 3.54. The number of nitro benzene ring substituents is 1. The van der Waals surface area contributed by atoms with E-state index >= 15 is 0 Å². The van der Waals surface area contributed by atoms with Crippen molar-refractivity contribution in [1.29, 1.82) is 0 Å². The highest BCUT2D eigenvalue weighted by molar-refractivity contribution is 5.85. The Labute approximate surface area is 116 Å². The van der Waals surface area contributed by atoms with Crippen LogP contribution in [-0.4, -0.2) is 37.1 Å². The molecule has 1 amide bonds. The molecule has 0 bridgehead atoms. The van der Waals surface area contributed by atoms with Gasteiger partial charge in [-0.15, -0.1) is 0 Å². The summed E-state index contributed by atoms with van der Waals surface area (Å²) in [4.78, 5) is 21.8. The molecule has 4 N–H and O–H groups in total. The van der Waals surface area contributed by atoms with Crippen LogP contribution in [0.2, 0.25) is 0 Å². The topological polar surface area (TPSA) is 120 Å². The van der Waals surface area contributed by atoms with Crippen LogP contribution in [0.15, 0.2) is 18.2 Å². The Kier molecular flexibility index (Phi) is 5.73. The van der Waals surface area contributed by atoms with Crippen LogP contribution in [-0.2, 0) is 9.53 Å². The fourth-order valence-electron chi connectivity index (χ4n) is 1.52. The van der Waals surface area contributed by atoms with E-state index in [1.807, 2.05) is 0 Å². The Bertz CT molecular complexity index is 492. The Hall–Kier alpha value is -2.35. The van der Waals surface area contributed by atoms with E-state index in [2.05, 4.69) is 10.6 Å². The summed E-state index contributed by atoms with van der Waals surface area (Å²) < 4.78 is 4.83. The molecule has 1 aromatic carbocycles. The molecule has 0 radical (unpaired) electrons. The van der Waals surface area contributed by atoms with Crippen molar-refractivity contribution < 1.29 is 14.5 Å². The Balaban J connectivity index is 2.63. The Morgan fingerprint density at radius 3 is 2.80 bits per heavy atom. The SMILES string of the molecule is COCCNC(=O)C(C)Nc1ccc([N+](=O)[O-])cc1N. The molecule has 110 valence electrons. The van der Waals surface area contributed by atoms with E-state index in [4.69, 9.17) is 10.5 Å². The third kappa shape index (κ3) is 4.39. The number of nitrogens with one attached hydrogen (secondary N) is 2. The van der Waals surface area contributed by atoms with Gasteiger partial charge in [0.2, 0.25) is 5.91 Å². The highest BCUT2D eigenvalue weighted by Gasteiger charge is 2.15. The highest BCUT2D eigenvalue weighted by Crippen LogP contribution is 2.24. The lowest BCUT2D eigenvalue weighted by molar-refractivity contribution is -0.384. The van der Waals surface area contributed by atoms with Crippen LogP contribution in [0.5, 0.6) is 0 Å². The number of non-ortho nitro benzene ring substituents is 1. The summed E-state index contributed by atoms with van der Waals surface area (Å²) in [6.07, 6.45) is 0. The summed E-state index contributed by atoms with van der Waals surface area (Å²) in [5.74, 6) is -0.209. The molecule has 0 saturated heterocycles. The number of methoxy groups -OCH3 is 1. The fraction of sp³-hybridized carbons (Fsp3) is 0.417. The van der Waals surface area contributed by atoms with E-state index in [0.29, 0.717) is 18.8 Å². The molecule has 8 nitrogen and oxygen atoms in total. The van der Waals surface area contributed by atoms with Crippen LogP contribution in [0.25, 0.3) is 0 Å². The highest BCUT2D eigenvalue weighted by atomic mass is 16.6. The maximum Gasteiger partial charge on any atom is 0.271 e. The summed E-state index contributed by atoms with van der Waals surface area (Å²) in [5, 5.41) is 16.2. The lowest BCUT2D eigenvalue weighted by Gasteiger charge is -2.16. The fourth-order valence-corrected chi connectivity index (χ4v) is 1.52. The van der Waals surface area contributed by atoms with E-state index in [-0.39, 0.29) is 17.3 Å². The first-order valence-electron chi connectivity index (χ1n) is 6.02. The van der Waals surface area contributed by atoms with Crippen LogP contribution >= 0.6 is 0 Å². The molecule has 20 heavy (non-hydrogen) atoms. The number of rotatable bonds is 7. The minimum Gasteiger partial charge on any atom is -0.397 e. The average molecular weight is 282 g/mol. The number of hydrogen-bond donors (Lipinski definition) is 3. The van der Waals surface area contributed by atoms with Gasteiger partial charge in [0.15, 0.2) is 0 Å². The van der Waals surface area contributed by atoms with Crippen molar-refractivity contribution in [3.05, 3.63) is 28.3 Å². The van der Waals surface area contributed by atoms with Gasteiger partial charge in [0.1, 0.15) is 6.04 Å². The number of hydrogen-bond acceptors (Lipinski definition) is 6. The Morgan fingerprint density at radius 1 is 1.55 bits per heavy atom. The normalized spacial score (nSPS) is 11.7. The van der Waals surface area contributed by atoms with Gasteiger partial charge in [-0.25, -0.2) is 0 Å². The van der Waals surface area contributed by atoms with Gasteiger partial charge in [-0.3, -0.25) is 14.9 Å². The molecule has 1 unspecified atom stereocenters. The minimum absolute atomic E-state index is 0.0924. The maximum atomic E-state index is 11.7. The number of ether oxygens (including phenoxy) is 1. The predicted octanol–water partition coefficient (Wildman–Crippen LogP) is 0.740. The summed E-state index contributed by atoms with van der Waals surface area (Å²) in [7, 11) is 1.55. The molecule has 1 atom stereocenters. The van der Waals surface area contributed by atoms with Crippen molar-refractivity contribution in [2.45, 2.75) is 13.0 Å². The molecule has 0 spiro atoms. The molecule has 1 aromatic rings. The maximum absolute atomic E-state index is 11.7. The third-order valence-electron chi connectivity index (χ3n) is 2.62. The zero-order chi connectivity index (χ0) is 15.1. The van der Waals surface area contributed by atoms with Crippen LogP contribution in [0.1, 0.15) is 6.92 Å². The summed E-state index contributed by atoms with van der Waals surface area (Å²) >= 11 is 0. The van der Waals surface area contributed by atoms with Crippen molar-refractivity contribution in [1.82, 2.24) is 5.32 Å². The number of amides is 1. The van der Waals surface area contributed by atoms with E-state index < -0.39 is 11.0 Å². The van der Waals surface area contributed by atoms with Crippen LogP contribution in [0, 0.1) is 10.1 Å². The lowest BCUT2D eigenvalue weighted by atomic mass is 10.2. The van der Waals surface area contributed by atoms with Crippen molar-refractivity contribution >= 4 is 23.0 Å². The van der Waals surface area contributed by atoms with Gasteiger partial charge in [-0.2, -0.15) is 0 Å². The van der Waals surface area contributed by atoms with Crippen molar-refractivity contribution in [2.24, 2.45) is 0 Å². The number of anilines is 2. The third-order valence-corrected chi connectivity index (χ3v) is 2.62. The van der Waals surface area contributed by atoms with Crippen LogP contribution in [0.4, 0.5) is 17.1 Å². The molecule has 1 rings (SSSR count). The van der Waals surface area contributed by atoms with Crippen molar-refractivity contribution in [3.8, 4) is 0 Å². The van der Waals surface area contributed by atoms with Gasteiger partial charge in [0, 0.05) is 25.8 Å². The largest absolute Gasteiger partial charge is 0.397 e. The molecular formula is C12H18N4O4. The van der Waals surface area contributed by atoms with Gasteiger partial charge in [0.05, 0.1) is 22.9 Å². The molecular weight excluding hydrogens is 264 g/mol. The van der Waals surface area contributed by atoms with Gasteiger partial charge in [0.25, 0.3) is 5.69 Å². The van der Waals surface area contributed by atoms with E-state index in [0.717, 1.165) is 0 Å². The van der Waals surface area contributed by atoms with Crippen LogP contribution in [0.3, 0.4) is 0 Å². The minimum atomic E-state index is -0.527. The number of nitrogens with zero attached hydrogens (tertiary/aromatic N) is 1.